The highest BCUT2D eigenvalue weighted by Crippen LogP contribution is 2.29. The van der Waals surface area contributed by atoms with Crippen LogP contribution >= 0.6 is 39.1 Å². The number of carbonyl (C=O) groups excluding carboxylic acids is 2. The van der Waals surface area contributed by atoms with Crippen LogP contribution in [0.5, 0.6) is 5.75 Å². The number of hydrogen-bond donors (Lipinski definition) is 1. The molecule has 1 saturated carbocycles. The van der Waals surface area contributed by atoms with Gasteiger partial charge in [-0.25, -0.2) is 8.42 Å². The number of benzene rings is 3. The Morgan fingerprint density at radius 3 is 2.22 bits per heavy atom. The van der Waals surface area contributed by atoms with E-state index in [9.17, 15) is 18.0 Å². The molecule has 1 N–H and O–H groups in total. The van der Waals surface area contributed by atoms with Gasteiger partial charge in [0.05, 0.1) is 27.2 Å². The largest absolute Gasteiger partial charge is 0.494 e. The SMILES string of the molecule is CCOc1ccc(N(CC(=O)N(Cc2ccc(Cl)c(Cl)c2)C(CC)C(=O)NC2CCCCC2)S(=O)(=O)c2ccc(Br)cc2)cc1. The summed E-state index contributed by atoms with van der Waals surface area (Å²) in [6, 6.07) is 17.0. The quantitative estimate of drug-likeness (QED) is 0.195. The van der Waals surface area contributed by atoms with Crippen molar-refractivity contribution in [1.29, 1.82) is 0 Å². The summed E-state index contributed by atoms with van der Waals surface area (Å²) in [4.78, 5) is 29.5. The maximum Gasteiger partial charge on any atom is 0.264 e. The van der Waals surface area contributed by atoms with Gasteiger partial charge in [0.2, 0.25) is 11.8 Å². The van der Waals surface area contributed by atoms with E-state index < -0.39 is 28.5 Å². The van der Waals surface area contributed by atoms with E-state index in [0.29, 0.717) is 38.9 Å². The Labute approximate surface area is 284 Å². The summed E-state index contributed by atoms with van der Waals surface area (Å²) in [5.41, 5.74) is 0.939. The second-order valence-corrected chi connectivity index (χ2v) is 14.5. The summed E-state index contributed by atoms with van der Waals surface area (Å²) >= 11 is 15.8. The van der Waals surface area contributed by atoms with Crippen molar-refractivity contribution < 1.29 is 22.7 Å². The first-order chi connectivity index (χ1) is 21.5. The Kier molecular flexibility index (Phi) is 12.6. The van der Waals surface area contributed by atoms with Crippen LogP contribution in [0.25, 0.3) is 0 Å². The number of sulfonamides is 1. The van der Waals surface area contributed by atoms with E-state index in [0.717, 1.165) is 36.4 Å². The zero-order valence-corrected chi connectivity index (χ0v) is 29.3. The van der Waals surface area contributed by atoms with Crippen molar-refractivity contribution in [2.45, 2.75) is 75.9 Å². The van der Waals surface area contributed by atoms with Gasteiger partial charge in [-0.15, -0.1) is 0 Å². The molecule has 3 aromatic carbocycles. The lowest BCUT2D eigenvalue weighted by molar-refractivity contribution is -0.140. The summed E-state index contributed by atoms with van der Waals surface area (Å²) in [5, 5.41) is 3.82. The second kappa shape index (κ2) is 16.2. The number of nitrogens with one attached hydrogen (secondary N) is 1. The smallest absolute Gasteiger partial charge is 0.264 e. The highest BCUT2D eigenvalue weighted by atomic mass is 79.9. The second-order valence-electron chi connectivity index (χ2n) is 10.9. The van der Waals surface area contributed by atoms with Gasteiger partial charge < -0.3 is 15.0 Å². The van der Waals surface area contributed by atoms with Crippen LogP contribution in [0.3, 0.4) is 0 Å². The molecule has 242 valence electrons. The Hall–Kier alpha value is -2.79. The van der Waals surface area contributed by atoms with Crippen molar-refractivity contribution in [3.05, 3.63) is 86.8 Å². The third-order valence-corrected chi connectivity index (χ3v) is 10.8. The molecule has 1 aliphatic carbocycles. The maximum absolute atomic E-state index is 14.3. The van der Waals surface area contributed by atoms with Crippen molar-refractivity contribution in [2.75, 3.05) is 17.5 Å². The highest BCUT2D eigenvalue weighted by Gasteiger charge is 2.34. The fraction of sp³-hybridized carbons (Fsp3) is 0.394. The number of hydrogen-bond acceptors (Lipinski definition) is 5. The standard InChI is InChI=1S/C33H38BrCl2N3O5S/c1-3-31(33(41)37-25-8-6-5-7-9-25)38(21-23-10-19-29(35)30(36)20-23)32(40)22-39(26-13-15-27(16-14-26)44-4-2)45(42,43)28-17-11-24(34)12-18-28/h10-20,25,31H,3-9,21-22H2,1-2H3,(H,37,41). The first-order valence-electron chi connectivity index (χ1n) is 15.1. The van der Waals surface area contributed by atoms with Crippen molar-refractivity contribution in [3.63, 3.8) is 0 Å². The summed E-state index contributed by atoms with van der Waals surface area (Å²) in [7, 11) is -4.20. The van der Waals surface area contributed by atoms with Gasteiger partial charge >= 0.3 is 0 Å². The van der Waals surface area contributed by atoms with Crippen LogP contribution in [-0.2, 0) is 26.2 Å². The van der Waals surface area contributed by atoms with Gasteiger partial charge in [0.15, 0.2) is 0 Å². The van der Waals surface area contributed by atoms with E-state index >= 15 is 0 Å². The summed E-state index contributed by atoms with van der Waals surface area (Å²) in [6.07, 6.45) is 5.32. The number of carbonyl (C=O) groups is 2. The van der Waals surface area contributed by atoms with Gasteiger partial charge in [0, 0.05) is 17.1 Å². The van der Waals surface area contributed by atoms with E-state index in [1.807, 2.05) is 13.8 Å². The predicted octanol–water partition coefficient (Wildman–Crippen LogP) is 7.61. The average molecular weight is 740 g/mol. The summed E-state index contributed by atoms with van der Waals surface area (Å²) in [6.45, 7) is 3.63. The minimum Gasteiger partial charge on any atom is -0.494 e. The minimum absolute atomic E-state index is 0.0190. The van der Waals surface area contributed by atoms with Crippen molar-refractivity contribution >= 4 is 66.7 Å². The molecular weight excluding hydrogens is 701 g/mol. The molecule has 0 heterocycles. The van der Waals surface area contributed by atoms with Gasteiger partial charge in [0.1, 0.15) is 18.3 Å². The maximum atomic E-state index is 14.3. The molecule has 0 saturated heterocycles. The molecule has 3 aromatic rings. The Balaban J connectivity index is 1.72. The Morgan fingerprint density at radius 1 is 0.956 bits per heavy atom. The molecule has 0 aliphatic heterocycles. The third kappa shape index (κ3) is 9.15. The topological polar surface area (TPSA) is 96.0 Å². The van der Waals surface area contributed by atoms with Crippen molar-refractivity contribution in [3.8, 4) is 5.75 Å². The molecule has 1 atom stereocenters. The number of ether oxygens (including phenoxy) is 1. The van der Waals surface area contributed by atoms with Crippen LogP contribution in [-0.4, -0.2) is 50.4 Å². The number of halogens is 3. The molecule has 0 radical (unpaired) electrons. The lowest BCUT2D eigenvalue weighted by Gasteiger charge is -2.34. The van der Waals surface area contributed by atoms with E-state index in [1.165, 1.54) is 17.0 Å². The Morgan fingerprint density at radius 2 is 1.62 bits per heavy atom. The highest BCUT2D eigenvalue weighted by molar-refractivity contribution is 9.10. The van der Waals surface area contributed by atoms with Crippen LogP contribution in [0.15, 0.2) is 76.1 Å². The van der Waals surface area contributed by atoms with Crippen molar-refractivity contribution in [2.24, 2.45) is 0 Å². The van der Waals surface area contributed by atoms with Gasteiger partial charge in [-0.3, -0.25) is 13.9 Å². The number of rotatable bonds is 13. The first kappa shape index (κ1) is 35.1. The Bertz CT molecular complexity index is 1570. The summed E-state index contributed by atoms with van der Waals surface area (Å²) in [5.74, 6) is -0.234. The van der Waals surface area contributed by atoms with E-state index in [2.05, 4.69) is 21.2 Å². The zero-order chi connectivity index (χ0) is 32.6. The molecule has 8 nitrogen and oxygen atoms in total. The lowest BCUT2D eigenvalue weighted by Crippen LogP contribution is -2.54. The summed E-state index contributed by atoms with van der Waals surface area (Å²) < 4.78 is 35.5. The van der Waals surface area contributed by atoms with Gasteiger partial charge in [0.25, 0.3) is 10.0 Å². The van der Waals surface area contributed by atoms with Crippen LogP contribution in [0.1, 0.15) is 57.9 Å². The molecular formula is C33H38BrCl2N3O5S. The number of anilines is 1. The molecule has 0 bridgehead atoms. The molecule has 1 unspecified atom stereocenters. The lowest BCUT2D eigenvalue weighted by atomic mass is 9.95. The minimum atomic E-state index is -4.20. The van der Waals surface area contributed by atoms with Gasteiger partial charge in [-0.2, -0.15) is 0 Å². The molecule has 0 aromatic heterocycles. The molecule has 45 heavy (non-hydrogen) atoms. The van der Waals surface area contributed by atoms with E-state index in [-0.39, 0.29) is 29.1 Å². The first-order valence-corrected chi connectivity index (χ1v) is 18.1. The molecule has 2 amide bonds. The normalized spacial score (nSPS) is 14.4. The van der Waals surface area contributed by atoms with Crippen LogP contribution in [0, 0.1) is 0 Å². The van der Waals surface area contributed by atoms with Gasteiger partial charge in [-0.1, -0.05) is 71.4 Å². The van der Waals surface area contributed by atoms with Crippen LogP contribution in [0.4, 0.5) is 5.69 Å². The van der Waals surface area contributed by atoms with Gasteiger partial charge in [-0.05, 0) is 92.4 Å². The van der Waals surface area contributed by atoms with E-state index in [1.54, 1.807) is 54.6 Å². The molecule has 1 aliphatic rings. The monoisotopic (exact) mass is 737 g/mol. The molecule has 4 rings (SSSR count). The third-order valence-electron chi connectivity index (χ3n) is 7.79. The fourth-order valence-electron chi connectivity index (χ4n) is 5.44. The van der Waals surface area contributed by atoms with Crippen LogP contribution in [0.2, 0.25) is 10.0 Å². The molecule has 1 fully saturated rings. The zero-order valence-electron chi connectivity index (χ0n) is 25.3. The fourth-order valence-corrected chi connectivity index (χ4v) is 7.44. The predicted molar refractivity (Wildman–Crippen MR) is 182 cm³/mol. The van der Waals surface area contributed by atoms with Crippen molar-refractivity contribution in [1.82, 2.24) is 10.2 Å². The van der Waals surface area contributed by atoms with E-state index in [4.69, 9.17) is 27.9 Å². The number of nitrogens with zero attached hydrogens (tertiary/aromatic N) is 2. The molecule has 0 spiro atoms. The molecule has 12 heteroatoms. The average Bonchev–Trinajstić information content (AvgIpc) is 3.02. The number of amides is 2. The van der Waals surface area contributed by atoms with Crippen LogP contribution < -0.4 is 14.4 Å².